The number of Topliss-reactive ketones (excluding diaryl/α,β-unsaturated/α-hetero) is 1. The molecule has 1 N–H and O–H groups in total. The first-order valence-corrected chi connectivity index (χ1v) is 14.5. The summed E-state index contributed by atoms with van der Waals surface area (Å²) in [5, 5.41) is 11.6. The number of aliphatic hydroxyl groups is 1. The minimum atomic E-state index is -0.624. The van der Waals surface area contributed by atoms with Gasteiger partial charge in [-0.25, -0.2) is 0 Å². The van der Waals surface area contributed by atoms with Crippen molar-refractivity contribution in [2.45, 2.75) is 85.9 Å². The third-order valence-corrected chi connectivity index (χ3v) is 11.2. The fourth-order valence-electron chi connectivity index (χ4n) is 7.58. The van der Waals surface area contributed by atoms with Gasteiger partial charge in [-0.3, -0.25) is 9.59 Å². The lowest BCUT2D eigenvalue weighted by molar-refractivity contribution is -0.205. The van der Waals surface area contributed by atoms with E-state index >= 15 is 0 Å². The van der Waals surface area contributed by atoms with Crippen LogP contribution in [-0.4, -0.2) is 65.1 Å². The zero-order chi connectivity index (χ0) is 25.3. The number of thioether (sulfide) groups is 1. The van der Waals surface area contributed by atoms with E-state index in [1.807, 2.05) is 13.0 Å². The van der Waals surface area contributed by atoms with Crippen LogP contribution >= 0.6 is 11.8 Å². The van der Waals surface area contributed by atoms with Gasteiger partial charge < -0.3 is 14.7 Å². The molecule has 0 aromatic carbocycles. The highest BCUT2D eigenvalue weighted by Gasteiger charge is 2.68. The fourth-order valence-corrected chi connectivity index (χ4v) is 8.35. The number of carbonyl (C=O) groups excluding carboxylic acids is 2. The fraction of sp³-hybridized carbons (Fsp3) is 0.857. The van der Waals surface area contributed by atoms with E-state index in [2.05, 4.69) is 46.1 Å². The second-order valence-electron chi connectivity index (χ2n) is 11.6. The predicted octanol–water partition coefficient (Wildman–Crippen LogP) is 4.97. The molecule has 34 heavy (non-hydrogen) atoms. The van der Waals surface area contributed by atoms with Crippen molar-refractivity contribution in [2.24, 2.45) is 34.0 Å². The molecule has 6 heteroatoms. The molecule has 2 unspecified atom stereocenters. The Morgan fingerprint density at radius 2 is 1.94 bits per heavy atom. The van der Waals surface area contributed by atoms with E-state index in [0.717, 1.165) is 44.6 Å². The van der Waals surface area contributed by atoms with Gasteiger partial charge in [0.25, 0.3) is 0 Å². The Morgan fingerprint density at radius 1 is 1.26 bits per heavy atom. The number of esters is 1. The highest BCUT2D eigenvalue weighted by Crippen LogP contribution is 2.67. The molecule has 0 aromatic rings. The lowest BCUT2D eigenvalue weighted by Gasteiger charge is -2.61. The molecule has 0 radical (unpaired) electrons. The first-order chi connectivity index (χ1) is 16.0. The van der Waals surface area contributed by atoms with E-state index in [0.29, 0.717) is 24.4 Å². The molecule has 3 aliphatic carbocycles. The number of hydrogen-bond donors (Lipinski definition) is 1. The van der Waals surface area contributed by atoms with Gasteiger partial charge in [-0.05, 0) is 56.0 Å². The topological polar surface area (TPSA) is 66.8 Å². The summed E-state index contributed by atoms with van der Waals surface area (Å²) in [5.41, 5.74) is -1.25. The van der Waals surface area contributed by atoms with E-state index in [4.69, 9.17) is 4.74 Å². The summed E-state index contributed by atoms with van der Waals surface area (Å²) < 4.78 is 6.30. The Bertz CT molecular complexity index is 770. The van der Waals surface area contributed by atoms with Crippen LogP contribution in [0, 0.1) is 34.0 Å². The third kappa shape index (κ3) is 4.64. The molecular formula is C28H47NO4S. The number of rotatable bonds is 9. The Hall–Kier alpha value is -0.850. The van der Waals surface area contributed by atoms with Crippen molar-refractivity contribution in [1.29, 1.82) is 0 Å². The second-order valence-corrected chi connectivity index (χ2v) is 12.7. The number of aliphatic hydroxyl groups excluding tert-OH is 1. The van der Waals surface area contributed by atoms with Crippen molar-refractivity contribution in [3.63, 3.8) is 0 Å². The molecule has 0 aromatic heterocycles. The summed E-state index contributed by atoms with van der Waals surface area (Å²) in [6.45, 7) is 20.0. The maximum Gasteiger partial charge on any atom is 0.316 e. The van der Waals surface area contributed by atoms with Crippen molar-refractivity contribution >= 4 is 23.5 Å². The molecule has 3 saturated carbocycles. The Labute approximate surface area is 211 Å². The SMILES string of the molecule is C=C[C@]1(C)C[C@@H](OC(=O)CSCCN([13CH2][13CH3])[13CH2][13CH3])C2(C)[C@H](C)CCC3(CCC(=O)[C@@H]32)[C@@H](C)[C@@H]1O. The van der Waals surface area contributed by atoms with Crippen molar-refractivity contribution in [1.82, 2.24) is 4.90 Å². The van der Waals surface area contributed by atoms with Crippen molar-refractivity contribution in [3.05, 3.63) is 12.7 Å². The van der Waals surface area contributed by atoms with E-state index in [1.54, 1.807) is 11.8 Å². The molecule has 0 heterocycles. The van der Waals surface area contributed by atoms with Crippen molar-refractivity contribution in [2.75, 3.05) is 31.1 Å². The Balaban J connectivity index is 1.88. The van der Waals surface area contributed by atoms with E-state index < -0.39 is 23.0 Å². The summed E-state index contributed by atoms with van der Waals surface area (Å²) in [7, 11) is 0. The quantitative estimate of drug-likeness (QED) is 0.210. The standard InChI is InChI=1S/C28H47NO4S/c1-8-26(6)17-22(33-23(31)18-34-16-15-29(9-2)10-3)27(7)19(4)11-13-28(20(5)25(26)32)14-12-21(30)24(27)28/h8,19-20,22,24-25,32H,1,9-18H2,2-7H3/t19-,20+,22-,24-,25+,26-,27?,28?/m1/s1/i2+1,3+1,9+1,10+1. The monoisotopic (exact) mass is 497 g/mol. The zero-order valence-corrected chi connectivity index (χ0v) is 23.1. The van der Waals surface area contributed by atoms with Crippen molar-refractivity contribution in [3.8, 4) is 0 Å². The summed E-state index contributed by atoms with van der Waals surface area (Å²) in [5.74, 6) is 1.37. The van der Waals surface area contributed by atoms with Crippen LogP contribution in [0.5, 0.6) is 0 Å². The minimum Gasteiger partial charge on any atom is -0.461 e. The average Bonchev–Trinajstić information content (AvgIpc) is 3.17. The maximum atomic E-state index is 13.4. The number of ether oxygens (including phenoxy) is 1. The lowest BCUT2D eigenvalue weighted by atomic mass is 9.44. The zero-order valence-electron chi connectivity index (χ0n) is 22.3. The van der Waals surface area contributed by atoms with Crippen LogP contribution in [0.25, 0.3) is 0 Å². The molecule has 3 fully saturated rings. The Morgan fingerprint density at radius 3 is 2.56 bits per heavy atom. The van der Waals surface area contributed by atoms with Gasteiger partial charge in [-0.1, -0.05) is 47.6 Å². The van der Waals surface area contributed by atoms with Crippen LogP contribution in [0.2, 0.25) is 0 Å². The molecule has 0 aliphatic heterocycles. The van der Waals surface area contributed by atoms with Gasteiger partial charge in [0.15, 0.2) is 0 Å². The molecule has 0 amide bonds. The van der Waals surface area contributed by atoms with Gasteiger partial charge in [0, 0.05) is 35.5 Å². The highest BCUT2D eigenvalue weighted by atomic mass is 32.2. The third-order valence-electron chi connectivity index (χ3n) is 10.2. The molecule has 5 nitrogen and oxygen atoms in total. The summed E-state index contributed by atoms with van der Waals surface area (Å²) >= 11 is 1.61. The van der Waals surface area contributed by atoms with E-state index in [-0.39, 0.29) is 29.1 Å². The normalized spacial score (nSPS) is 42.1. The van der Waals surface area contributed by atoms with Crippen molar-refractivity contribution < 1.29 is 19.4 Å². The first-order valence-electron chi connectivity index (χ1n) is 13.3. The second kappa shape index (κ2) is 10.6. The maximum absolute atomic E-state index is 13.4. The van der Waals surface area contributed by atoms with E-state index in [9.17, 15) is 14.7 Å². The minimum absolute atomic E-state index is 0.00828. The van der Waals surface area contributed by atoms with Gasteiger partial charge in [0.2, 0.25) is 0 Å². The largest absolute Gasteiger partial charge is 0.461 e. The van der Waals surface area contributed by atoms with Gasteiger partial charge >= 0.3 is 5.97 Å². The van der Waals surface area contributed by atoms with Gasteiger partial charge in [0.05, 0.1) is 11.9 Å². The van der Waals surface area contributed by atoms with Crippen LogP contribution < -0.4 is 0 Å². The lowest BCUT2D eigenvalue weighted by Crippen LogP contribution is -2.63. The summed E-state index contributed by atoms with van der Waals surface area (Å²) in [4.78, 5) is 28.9. The summed E-state index contributed by atoms with van der Waals surface area (Å²) in [6, 6.07) is 0. The molecule has 8 atom stereocenters. The number of nitrogens with zero attached hydrogens (tertiary/aromatic N) is 1. The van der Waals surface area contributed by atoms with Gasteiger partial charge in [-0.2, -0.15) is 0 Å². The molecular weight excluding hydrogens is 450 g/mol. The first kappa shape index (κ1) is 27.7. The van der Waals surface area contributed by atoms with Gasteiger partial charge in [0.1, 0.15) is 11.9 Å². The van der Waals surface area contributed by atoms with E-state index in [1.165, 1.54) is 0 Å². The molecule has 2 bridgehead atoms. The van der Waals surface area contributed by atoms with Crippen LogP contribution in [0.3, 0.4) is 0 Å². The highest BCUT2D eigenvalue weighted by molar-refractivity contribution is 7.99. The molecule has 0 spiro atoms. The summed E-state index contributed by atoms with van der Waals surface area (Å²) in [6.07, 6.45) is 4.64. The molecule has 3 rings (SSSR count). The van der Waals surface area contributed by atoms with Crippen LogP contribution in [0.15, 0.2) is 12.7 Å². The predicted molar refractivity (Wildman–Crippen MR) is 140 cm³/mol. The molecule has 3 aliphatic rings. The number of hydrogen-bond acceptors (Lipinski definition) is 6. The average molecular weight is 498 g/mol. The molecule has 0 saturated heterocycles. The number of ketones is 1. The van der Waals surface area contributed by atoms with Crippen LogP contribution in [0.1, 0.15) is 73.6 Å². The van der Waals surface area contributed by atoms with Crippen LogP contribution in [-0.2, 0) is 14.3 Å². The van der Waals surface area contributed by atoms with Gasteiger partial charge in [-0.15, -0.1) is 18.3 Å². The smallest absolute Gasteiger partial charge is 0.316 e. The number of carbonyl (C=O) groups is 2. The molecule has 194 valence electrons. The Kier molecular flexibility index (Phi) is 8.68. The van der Waals surface area contributed by atoms with Crippen LogP contribution in [0.4, 0.5) is 0 Å².